The number of carbonyl (C=O) groups excluding carboxylic acids is 2. The van der Waals surface area contributed by atoms with Crippen molar-refractivity contribution >= 4 is 33.2 Å². The summed E-state index contributed by atoms with van der Waals surface area (Å²) >= 11 is 0. The van der Waals surface area contributed by atoms with Crippen molar-refractivity contribution in [3.8, 4) is 0 Å². The lowest BCUT2D eigenvalue weighted by molar-refractivity contribution is 0.0706. The molecule has 0 spiro atoms. The molecule has 0 fully saturated rings. The second kappa shape index (κ2) is 4.91. The van der Waals surface area contributed by atoms with Gasteiger partial charge in [0.15, 0.2) is 5.78 Å². The summed E-state index contributed by atoms with van der Waals surface area (Å²) < 4.78 is 0. The molecule has 120 valence electrons. The second-order valence-electron chi connectivity index (χ2n) is 7.22. The zero-order chi connectivity index (χ0) is 17.1. The van der Waals surface area contributed by atoms with Gasteiger partial charge in [-0.2, -0.15) is 0 Å². The van der Waals surface area contributed by atoms with Gasteiger partial charge in [-0.05, 0) is 21.5 Å². The molecule has 0 aromatic heterocycles. The van der Waals surface area contributed by atoms with Gasteiger partial charge in [-0.3, -0.25) is 9.59 Å². The van der Waals surface area contributed by atoms with Crippen molar-refractivity contribution in [2.45, 2.75) is 13.8 Å². The molecule has 0 radical (unpaired) electrons. The van der Waals surface area contributed by atoms with Gasteiger partial charge in [0.25, 0.3) is 5.91 Å². The van der Waals surface area contributed by atoms with Crippen LogP contribution in [-0.2, 0) is 0 Å². The minimum Gasteiger partial charge on any atom is -0.341 e. The van der Waals surface area contributed by atoms with Crippen LogP contribution in [0.2, 0.25) is 0 Å². The van der Waals surface area contributed by atoms with Gasteiger partial charge in [0, 0.05) is 24.6 Å². The van der Waals surface area contributed by atoms with Crippen LogP contribution in [0.25, 0.3) is 21.5 Å². The van der Waals surface area contributed by atoms with E-state index >= 15 is 0 Å². The molecular formula is C21H19NO2. The van der Waals surface area contributed by atoms with Crippen molar-refractivity contribution in [3.63, 3.8) is 0 Å². The van der Waals surface area contributed by atoms with Crippen LogP contribution in [0.1, 0.15) is 34.6 Å². The van der Waals surface area contributed by atoms with Gasteiger partial charge >= 0.3 is 0 Å². The highest BCUT2D eigenvalue weighted by molar-refractivity contribution is 6.28. The third kappa shape index (κ3) is 1.91. The van der Waals surface area contributed by atoms with Crippen molar-refractivity contribution in [3.05, 3.63) is 59.7 Å². The Morgan fingerprint density at radius 2 is 1.25 bits per heavy atom. The van der Waals surface area contributed by atoms with Crippen LogP contribution in [-0.4, -0.2) is 30.2 Å². The topological polar surface area (TPSA) is 37.4 Å². The monoisotopic (exact) mass is 317 g/mol. The average Bonchev–Trinajstić information content (AvgIpc) is 2.64. The maximum absolute atomic E-state index is 13.3. The Morgan fingerprint density at radius 3 is 1.79 bits per heavy atom. The molecule has 0 bridgehead atoms. The highest BCUT2D eigenvalue weighted by Gasteiger charge is 2.39. The fourth-order valence-corrected chi connectivity index (χ4v) is 3.87. The Balaban J connectivity index is 2.29. The molecule has 3 nitrogen and oxygen atoms in total. The molecule has 4 rings (SSSR count). The number of benzene rings is 3. The highest BCUT2D eigenvalue weighted by atomic mass is 16.2. The average molecular weight is 317 g/mol. The molecule has 0 N–H and O–H groups in total. The van der Waals surface area contributed by atoms with Gasteiger partial charge in [0.2, 0.25) is 0 Å². The molecule has 0 aliphatic carbocycles. The zero-order valence-corrected chi connectivity index (χ0v) is 14.1. The Labute approximate surface area is 140 Å². The van der Waals surface area contributed by atoms with E-state index in [0.717, 1.165) is 21.5 Å². The molecular weight excluding hydrogens is 298 g/mol. The summed E-state index contributed by atoms with van der Waals surface area (Å²) in [6.07, 6.45) is 0. The zero-order valence-electron chi connectivity index (χ0n) is 14.1. The lowest BCUT2D eigenvalue weighted by Crippen LogP contribution is -2.36. The summed E-state index contributed by atoms with van der Waals surface area (Å²) in [5.74, 6) is -0.0389. The van der Waals surface area contributed by atoms with E-state index in [1.54, 1.807) is 11.9 Å². The number of Topliss-reactive ketones (excluding diaryl/α,β-unsaturated/α-hetero) is 1. The number of carbonyl (C=O) groups is 2. The van der Waals surface area contributed by atoms with Gasteiger partial charge in [-0.1, -0.05) is 62.4 Å². The molecule has 1 aliphatic heterocycles. The van der Waals surface area contributed by atoms with E-state index in [1.165, 1.54) is 0 Å². The van der Waals surface area contributed by atoms with E-state index in [0.29, 0.717) is 17.7 Å². The molecule has 1 amide bonds. The van der Waals surface area contributed by atoms with Crippen LogP contribution in [0.4, 0.5) is 0 Å². The first-order valence-electron chi connectivity index (χ1n) is 8.15. The van der Waals surface area contributed by atoms with E-state index in [2.05, 4.69) is 0 Å². The Bertz CT molecular complexity index is 1020. The van der Waals surface area contributed by atoms with Gasteiger partial charge < -0.3 is 4.90 Å². The van der Waals surface area contributed by atoms with Crippen LogP contribution in [0.5, 0.6) is 0 Å². The van der Waals surface area contributed by atoms with E-state index < -0.39 is 5.41 Å². The maximum Gasteiger partial charge on any atom is 0.255 e. The van der Waals surface area contributed by atoms with Crippen LogP contribution < -0.4 is 0 Å². The lowest BCUT2D eigenvalue weighted by Gasteiger charge is -2.25. The summed E-state index contributed by atoms with van der Waals surface area (Å²) in [6.45, 7) is 4.25. The molecule has 1 aliphatic rings. The summed E-state index contributed by atoms with van der Waals surface area (Å²) in [7, 11) is 1.77. The normalized spacial score (nSPS) is 17.2. The minimum atomic E-state index is -0.610. The third-order valence-electron chi connectivity index (χ3n) is 4.97. The van der Waals surface area contributed by atoms with E-state index in [9.17, 15) is 9.59 Å². The number of ketones is 1. The molecule has 0 atom stereocenters. The molecule has 1 heterocycles. The van der Waals surface area contributed by atoms with Gasteiger partial charge in [-0.15, -0.1) is 0 Å². The van der Waals surface area contributed by atoms with Crippen LogP contribution in [0.15, 0.2) is 48.5 Å². The van der Waals surface area contributed by atoms with Crippen molar-refractivity contribution < 1.29 is 9.59 Å². The first-order chi connectivity index (χ1) is 11.4. The number of amides is 1. The van der Waals surface area contributed by atoms with E-state index in [1.807, 2.05) is 62.4 Å². The quantitative estimate of drug-likeness (QED) is 0.580. The van der Waals surface area contributed by atoms with Gasteiger partial charge in [0.05, 0.1) is 5.56 Å². The van der Waals surface area contributed by atoms with Crippen molar-refractivity contribution in [1.29, 1.82) is 0 Å². The fraction of sp³-hybridized carbons (Fsp3) is 0.238. The smallest absolute Gasteiger partial charge is 0.255 e. The lowest BCUT2D eigenvalue weighted by atomic mass is 9.80. The maximum atomic E-state index is 13.3. The summed E-state index contributed by atoms with van der Waals surface area (Å²) in [4.78, 5) is 28.1. The van der Waals surface area contributed by atoms with E-state index in [4.69, 9.17) is 0 Å². The number of rotatable bonds is 0. The summed E-state index contributed by atoms with van der Waals surface area (Å²) in [6, 6.07) is 15.7. The Hall–Kier alpha value is -2.68. The van der Waals surface area contributed by atoms with Crippen LogP contribution in [0, 0.1) is 5.41 Å². The first-order valence-corrected chi connectivity index (χ1v) is 8.15. The second-order valence-corrected chi connectivity index (χ2v) is 7.22. The predicted octanol–water partition coefficient (Wildman–Crippen LogP) is 4.29. The van der Waals surface area contributed by atoms with Crippen LogP contribution >= 0.6 is 0 Å². The summed E-state index contributed by atoms with van der Waals surface area (Å²) in [5, 5.41) is 3.76. The molecule has 0 saturated carbocycles. The third-order valence-corrected chi connectivity index (χ3v) is 4.97. The van der Waals surface area contributed by atoms with Crippen molar-refractivity contribution in [2.75, 3.05) is 13.6 Å². The molecule has 3 heteroatoms. The predicted molar refractivity (Wildman–Crippen MR) is 96.5 cm³/mol. The molecule has 0 unspecified atom stereocenters. The highest BCUT2D eigenvalue weighted by Crippen LogP contribution is 2.39. The number of hydrogen-bond donors (Lipinski definition) is 0. The molecule has 3 aromatic carbocycles. The SMILES string of the molecule is CN1CC(C)(C)C(=O)c2c(c3ccccc3c3ccccc23)C1=O. The standard InChI is InChI=1S/C21H19NO2/c1-21(2)12-22(3)20(24)18-16-11-7-5-9-14(16)13-8-4-6-10-15(13)17(18)19(21)23/h4-11H,12H2,1-3H3. The first kappa shape index (κ1) is 14.9. The Kier molecular flexibility index (Phi) is 3.04. The van der Waals surface area contributed by atoms with Crippen LogP contribution in [0.3, 0.4) is 0 Å². The van der Waals surface area contributed by atoms with E-state index in [-0.39, 0.29) is 11.7 Å². The number of nitrogens with zero attached hydrogens (tertiary/aromatic N) is 1. The van der Waals surface area contributed by atoms with Crippen molar-refractivity contribution in [1.82, 2.24) is 4.90 Å². The molecule has 0 saturated heterocycles. The fourth-order valence-electron chi connectivity index (χ4n) is 3.87. The largest absolute Gasteiger partial charge is 0.341 e. The molecule has 24 heavy (non-hydrogen) atoms. The molecule has 3 aromatic rings. The number of fused-ring (bicyclic) bond motifs is 6. The minimum absolute atomic E-state index is 0.0390. The number of hydrogen-bond acceptors (Lipinski definition) is 2. The Morgan fingerprint density at radius 1 is 0.792 bits per heavy atom. The van der Waals surface area contributed by atoms with Gasteiger partial charge in [-0.25, -0.2) is 0 Å². The summed E-state index contributed by atoms with van der Waals surface area (Å²) in [5.41, 5.74) is 0.506. The van der Waals surface area contributed by atoms with Gasteiger partial charge in [0.1, 0.15) is 0 Å². The van der Waals surface area contributed by atoms with Crippen molar-refractivity contribution in [2.24, 2.45) is 5.41 Å².